The molecular formula is C8H14N4O2. The first kappa shape index (κ1) is 10.6. The SMILES string of the molecule is CC(C)(CN)Cn1cc([N+](=O)[O-])cn1. The van der Waals surface area contributed by atoms with Gasteiger partial charge in [-0.15, -0.1) is 0 Å². The van der Waals surface area contributed by atoms with Crippen LogP contribution in [0.1, 0.15) is 13.8 Å². The molecule has 0 saturated heterocycles. The molecule has 0 aliphatic carbocycles. The molecule has 0 aromatic carbocycles. The Hall–Kier alpha value is -1.43. The highest BCUT2D eigenvalue weighted by atomic mass is 16.6. The molecule has 0 unspecified atom stereocenters. The number of rotatable bonds is 4. The zero-order chi connectivity index (χ0) is 10.8. The molecule has 0 saturated carbocycles. The standard InChI is InChI=1S/C8H14N4O2/c1-8(2,5-9)6-11-4-7(3-10-11)12(13)14/h3-4H,5-6,9H2,1-2H3. The summed E-state index contributed by atoms with van der Waals surface area (Å²) in [5.74, 6) is 0. The summed E-state index contributed by atoms with van der Waals surface area (Å²) >= 11 is 0. The Balaban J connectivity index is 2.73. The van der Waals surface area contributed by atoms with E-state index in [4.69, 9.17) is 5.73 Å². The van der Waals surface area contributed by atoms with Crippen molar-refractivity contribution >= 4 is 5.69 Å². The summed E-state index contributed by atoms with van der Waals surface area (Å²) in [6, 6.07) is 0. The Labute approximate surface area is 81.9 Å². The van der Waals surface area contributed by atoms with E-state index < -0.39 is 4.92 Å². The van der Waals surface area contributed by atoms with Crippen molar-refractivity contribution in [2.45, 2.75) is 20.4 Å². The topological polar surface area (TPSA) is 87.0 Å². The highest BCUT2D eigenvalue weighted by Crippen LogP contribution is 2.17. The van der Waals surface area contributed by atoms with Gasteiger partial charge in [-0.1, -0.05) is 13.8 Å². The van der Waals surface area contributed by atoms with Gasteiger partial charge in [-0.3, -0.25) is 14.8 Å². The first-order valence-electron chi connectivity index (χ1n) is 4.31. The maximum Gasteiger partial charge on any atom is 0.306 e. The van der Waals surface area contributed by atoms with Gasteiger partial charge in [-0.05, 0) is 12.0 Å². The maximum atomic E-state index is 10.4. The lowest BCUT2D eigenvalue weighted by molar-refractivity contribution is -0.385. The molecule has 1 rings (SSSR count). The number of hydrogen-bond donors (Lipinski definition) is 1. The summed E-state index contributed by atoms with van der Waals surface area (Å²) in [5, 5.41) is 14.3. The summed E-state index contributed by atoms with van der Waals surface area (Å²) < 4.78 is 1.55. The van der Waals surface area contributed by atoms with Crippen LogP contribution in [0, 0.1) is 15.5 Å². The van der Waals surface area contributed by atoms with Crippen molar-refractivity contribution in [1.82, 2.24) is 9.78 Å². The van der Waals surface area contributed by atoms with E-state index in [1.807, 2.05) is 13.8 Å². The lowest BCUT2D eigenvalue weighted by Gasteiger charge is -2.21. The van der Waals surface area contributed by atoms with E-state index in [-0.39, 0.29) is 11.1 Å². The normalized spacial score (nSPS) is 11.6. The van der Waals surface area contributed by atoms with Gasteiger partial charge >= 0.3 is 5.69 Å². The van der Waals surface area contributed by atoms with Crippen LogP contribution in [0.5, 0.6) is 0 Å². The van der Waals surface area contributed by atoms with Crippen LogP contribution in [-0.4, -0.2) is 21.2 Å². The molecule has 2 N–H and O–H groups in total. The van der Waals surface area contributed by atoms with Crippen molar-refractivity contribution in [2.24, 2.45) is 11.1 Å². The minimum absolute atomic E-state index is 0.0119. The van der Waals surface area contributed by atoms with Crippen LogP contribution in [0.15, 0.2) is 12.4 Å². The molecule has 0 spiro atoms. The largest absolute Gasteiger partial charge is 0.330 e. The minimum Gasteiger partial charge on any atom is -0.330 e. The zero-order valence-corrected chi connectivity index (χ0v) is 8.30. The fourth-order valence-corrected chi connectivity index (χ4v) is 1.04. The quantitative estimate of drug-likeness (QED) is 0.572. The summed E-state index contributed by atoms with van der Waals surface area (Å²) in [7, 11) is 0. The zero-order valence-electron chi connectivity index (χ0n) is 8.30. The van der Waals surface area contributed by atoms with Gasteiger partial charge in [0, 0.05) is 6.54 Å². The molecule has 0 bridgehead atoms. The molecule has 0 aliphatic rings. The molecule has 0 amide bonds. The smallest absolute Gasteiger partial charge is 0.306 e. The van der Waals surface area contributed by atoms with Gasteiger partial charge in [0.05, 0.1) is 4.92 Å². The Morgan fingerprint density at radius 1 is 1.71 bits per heavy atom. The van der Waals surface area contributed by atoms with Crippen LogP contribution in [0.4, 0.5) is 5.69 Å². The summed E-state index contributed by atoms with van der Waals surface area (Å²) in [6.45, 7) is 5.07. The summed E-state index contributed by atoms with van der Waals surface area (Å²) in [5.41, 5.74) is 5.46. The predicted molar refractivity (Wildman–Crippen MR) is 51.7 cm³/mol. The third-order valence-corrected chi connectivity index (χ3v) is 1.97. The average molecular weight is 198 g/mol. The van der Waals surface area contributed by atoms with Crippen molar-refractivity contribution < 1.29 is 4.92 Å². The van der Waals surface area contributed by atoms with Gasteiger partial charge in [0.25, 0.3) is 0 Å². The van der Waals surface area contributed by atoms with Crippen LogP contribution < -0.4 is 5.73 Å². The van der Waals surface area contributed by atoms with Crippen LogP contribution in [0.25, 0.3) is 0 Å². The van der Waals surface area contributed by atoms with Gasteiger partial charge in [0.2, 0.25) is 0 Å². The predicted octanol–water partition coefficient (Wildman–Crippen LogP) is 0.776. The molecule has 0 atom stereocenters. The third-order valence-electron chi connectivity index (χ3n) is 1.97. The van der Waals surface area contributed by atoms with E-state index in [2.05, 4.69) is 5.10 Å². The molecule has 14 heavy (non-hydrogen) atoms. The van der Waals surface area contributed by atoms with Gasteiger partial charge < -0.3 is 5.73 Å². The van der Waals surface area contributed by atoms with Crippen molar-refractivity contribution in [3.63, 3.8) is 0 Å². The van der Waals surface area contributed by atoms with E-state index in [0.717, 1.165) is 0 Å². The van der Waals surface area contributed by atoms with Gasteiger partial charge in [-0.2, -0.15) is 5.10 Å². The fraction of sp³-hybridized carbons (Fsp3) is 0.625. The molecule has 0 aliphatic heterocycles. The Kier molecular flexibility index (Phi) is 2.85. The first-order valence-corrected chi connectivity index (χ1v) is 4.31. The van der Waals surface area contributed by atoms with E-state index in [1.54, 1.807) is 4.68 Å². The number of nitrogens with zero attached hydrogens (tertiary/aromatic N) is 3. The van der Waals surface area contributed by atoms with Crippen molar-refractivity contribution in [1.29, 1.82) is 0 Å². The molecular weight excluding hydrogens is 184 g/mol. The van der Waals surface area contributed by atoms with E-state index >= 15 is 0 Å². The van der Waals surface area contributed by atoms with Crippen molar-refractivity contribution in [3.05, 3.63) is 22.5 Å². The Morgan fingerprint density at radius 2 is 2.36 bits per heavy atom. The van der Waals surface area contributed by atoms with Gasteiger partial charge in [0.15, 0.2) is 0 Å². The maximum absolute atomic E-state index is 10.4. The lowest BCUT2D eigenvalue weighted by atomic mass is 9.94. The molecule has 78 valence electrons. The van der Waals surface area contributed by atoms with Gasteiger partial charge in [0.1, 0.15) is 12.4 Å². The molecule has 1 aromatic heterocycles. The summed E-state index contributed by atoms with van der Waals surface area (Å²) in [4.78, 5) is 9.92. The minimum atomic E-state index is -0.459. The molecule has 6 nitrogen and oxygen atoms in total. The second kappa shape index (κ2) is 3.75. The highest BCUT2D eigenvalue weighted by molar-refractivity contribution is 5.20. The van der Waals surface area contributed by atoms with Gasteiger partial charge in [-0.25, -0.2) is 0 Å². The highest BCUT2D eigenvalue weighted by Gasteiger charge is 2.18. The molecule has 0 radical (unpaired) electrons. The number of nitro groups is 1. The second-order valence-corrected chi connectivity index (χ2v) is 4.02. The third kappa shape index (κ3) is 2.53. The second-order valence-electron chi connectivity index (χ2n) is 4.02. The van der Waals surface area contributed by atoms with Crippen LogP contribution >= 0.6 is 0 Å². The van der Waals surface area contributed by atoms with E-state index in [0.29, 0.717) is 13.1 Å². The molecule has 0 fully saturated rings. The van der Waals surface area contributed by atoms with Crippen LogP contribution in [0.2, 0.25) is 0 Å². The summed E-state index contributed by atoms with van der Waals surface area (Å²) in [6.07, 6.45) is 2.66. The number of aromatic nitrogens is 2. The first-order chi connectivity index (χ1) is 6.44. The molecule has 6 heteroatoms. The van der Waals surface area contributed by atoms with Crippen molar-refractivity contribution in [3.8, 4) is 0 Å². The number of nitrogens with two attached hydrogens (primary N) is 1. The fourth-order valence-electron chi connectivity index (χ4n) is 1.04. The Bertz CT molecular complexity index is 332. The monoisotopic (exact) mass is 198 g/mol. The van der Waals surface area contributed by atoms with Crippen LogP contribution in [-0.2, 0) is 6.54 Å². The molecule has 1 aromatic rings. The number of hydrogen-bond acceptors (Lipinski definition) is 4. The Morgan fingerprint density at radius 3 is 2.79 bits per heavy atom. The van der Waals surface area contributed by atoms with Crippen molar-refractivity contribution in [2.75, 3.05) is 6.54 Å². The van der Waals surface area contributed by atoms with E-state index in [9.17, 15) is 10.1 Å². The lowest BCUT2D eigenvalue weighted by Crippen LogP contribution is -2.28. The molecule has 1 heterocycles. The average Bonchev–Trinajstić information content (AvgIpc) is 2.52. The van der Waals surface area contributed by atoms with Crippen LogP contribution in [0.3, 0.4) is 0 Å². The van der Waals surface area contributed by atoms with E-state index in [1.165, 1.54) is 12.4 Å².